The summed E-state index contributed by atoms with van der Waals surface area (Å²) < 4.78 is 22.9. The quantitative estimate of drug-likeness (QED) is 0.867. The molecule has 0 saturated carbocycles. The number of hydrogen-bond donors (Lipinski definition) is 0. The number of aromatic nitrogens is 2. The van der Waals surface area contributed by atoms with E-state index in [0.717, 1.165) is 5.75 Å². The average molecular weight is 308 g/mol. The van der Waals surface area contributed by atoms with Gasteiger partial charge >= 0.3 is 0 Å². The largest absolute Gasteiger partial charge is 0.497 e. The van der Waals surface area contributed by atoms with Gasteiger partial charge in [0.2, 0.25) is 5.89 Å². The van der Waals surface area contributed by atoms with Gasteiger partial charge in [0.05, 0.1) is 17.9 Å². The molecule has 0 radical (unpaired) electrons. The number of nitrogens with zero attached hydrogens (tertiary/aromatic N) is 2. The summed E-state index contributed by atoms with van der Waals surface area (Å²) in [6.07, 6.45) is 0. The maximum Gasteiger partial charge on any atom is 0.242 e. The molecule has 2 rings (SSSR count). The lowest BCUT2D eigenvalue weighted by molar-refractivity contribution is 0.363. The third-order valence-electron chi connectivity index (χ3n) is 3.07. The van der Waals surface area contributed by atoms with E-state index in [1.165, 1.54) is 0 Å². The van der Waals surface area contributed by atoms with Gasteiger partial charge in [-0.1, -0.05) is 25.9 Å². The van der Waals surface area contributed by atoms with Crippen LogP contribution in [0.15, 0.2) is 33.7 Å². The van der Waals surface area contributed by atoms with Crippen LogP contribution in [0.1, 0.15) is 44.7 Å². The Hall–Kier alpha value is -1.69. The molecule has 0 N–H and O–H groups in total. The third kappa shape index (κ3) is 3.50. The van der Waals surface area contributed by atoms with Crippen LogP contribution >= 0.6 is 0 Å². The summed E-state index contributed by atoms with van der Waals surface area (Å²) in [7, 11) is 0.344. The zero-order chi connectivity index (χ0) is 15.6. The van der Waals surface area contributed by atoms with Crippen molar-refractivity contribution in [2.24, 2.45) is 0 Å². The Balaban J connectivity index is 2.20. The molecule has 0 aliphatic carbocycles. The fourth-order valence-electron chi connectivity index (χ4n) is 1.71. The number of rotatable bonds is 4. The first kappa shape index (κ1) is 15.7. The minimum Gasteiger partial charge on any atom is -0.497 e. The Morgan fingerprint density at radius 2 is 1.86 bits per heavy atom. The van der Waals surface area contributed by atoms with E-state index in [2.05, 4.69) is 10.1 Å². The standard InChI is InChI=1S/C15H20N2O3S/c1-10(13-16-14(17-20-13)15(2,3)4)21(18)12-8-6-11(19-5)7-9-12/h6-10H,1-5H3/t10-,21+/m0/s1. The predicted molar refractivity (Wildman–Crippen MR) is 80.8 cm³/mol. The monoisotopic (exact) mass is 308 g/mol. The highest BCUT2D eigenvalue weighted by Crippen LogP contribution is 2.27. The van der Waals surface area contributed by atoms with E-state index in [9.17, 15) is 4.21 Å². The Kier molecular flexibility index (Phi) is 4.46. The van der Waals surface area contributed by atoms with Crippen LogP contribution in [-0.2, 0) is 16.2 Å². The first-order chi connectivity index (χ1) is 9.82. The normalized spacial score (nSPS) is 14.7. The number of hydrogen-bond acceptors (Lipinski definition) is 5. The highest BCUT2D eigenvalue weighted by Gasteiger charge is 2.26. The van der Waals surface area contributed by atoms with Crippen LogP contribution in [0.5, 0.6) is 5.75 Å². The van der Waals surface area contributed by atoms with Gasteiger partial charge in [0, 0.05) is 10.3 Å². The molecule has 21 heavy (non-hydrogen) atoms. The van der Waals surface area contributed by atoms with Crippen LogP contribution in [0.25, 0.3) is 0 Å². The Labute approximate surface area is 127 Å². The van der Waals surface area contributed by atoms with E-state index in [1.807, 2.05) is 27.7 Å². The second kappa shape index (κ2) is 5.97. The minimum atomic E-state index is -1.25. The molecule has 2 aromatic rings. The fourth-order valence-corrected chi connectivity index (χ4v) is 2.80. The average Bonchev–Trinajstić information content (AvgIpc) is 2.95. The van der Waals surface area contributed by atoms with E-state index in [4.69, 9.17) is 9.26 Å². The molecule has 0 aliphatic rings. The summed E-state index contributed by atoms with van der Waals surface area (Å²) in [6, 6.07) is 7.14. The van der Waals surface area contributed by atoms with Crippen molar-refractivity contribution in [2.45, 2.75) is 43.3 Å². The summed E-state index contributed by atoms with van der Waals surface area (Å²) >= 11 is 0. The van der Waals surface area contributed by atoms with Crippen LogP contribution in [0.4, 0.5) is 0 Å². The first-order valence-electron chi connectivity index (χ1n) is 6.71. The second-order valence-corrected chi connectivity index (χ2v) is 7.59. The van der Waals surface area contributed by atoms with Crippen LogP contribution in [0, 0.1) is 0 Å². The van der Waals surface area contributed by atoms with Crippen molar-refractivity contribution in [1.82, 2.24) is 10.1 Å². The van der Waals surface area contributed by atoms with E-state index < -0.39 is 10.8 Å². The molecule has 0 amide bonds. The molecule has 114 valence electrons. The van der Waals surface area contributed by atoms with Crippen molar-refractivity contribution in [2.75, 3.05) is 7.11 Å². The lowest BCUT2D eigenvalue weighted by Gasteiger charge is -2.11. The van der Waals surface area contributed by atoms with Gasteiger partial charge in [0.1, 0.15) is 11.0 Å². The Morgan fingerprint density at radius 1 is 1.24 bits per heavy atom. The second-order valence-electron chi connectivity index (χ2n) is 5.82. The SMILES string of the molecule is COc1ccc([S@](=O)[C@@H](C)c2nc(C(C)(C)C)no2)cc1. The molecule has 1 aromatic heterocycles. The summed E-state index contributed by atoms with van der Waals surface area (Å²) in [6.45, 7) is 7.84. The molecule has 0 saturated heterocycles. The van der Waals surface area contributed by atoms with Crippen molar-refractivity contribution in [3.63, 3.8) is 0 Å². The van der Waals surface area contributed by atoms with Gasteiger partial charge in [-0.25, -0.2) is 0 Å². The van der Waals surface area contributed by atoms with E-state index in [-0.39, 0.29) is 10.7 Å². The molecule has 1 aromatic carbocycles. The predicted octanol–water partition coefficient (Wildman–Crippen LogP) is 3.24. The smallest absolute Gasteiger partial charge is 0.242 e. The zero-order valence-electron chi connectivity index (χ0n) is 12.9. The molecule has 2 atom stereocenters. The van der Waals surface area contributed by atoms with Crippen LogP contribution in [0.3, 0.4) is 0 Å². The van der Waals surface area contributed by atoms with Crippen molar-refractivity contribution >= 4 is 10.8 Å². The lowest BCUT2D eigenvalue weighted by atomic mass is 9.96. The van der Waals surface area contributed by atoms with Crippen LogP contribution in [-0.4, -0.2) is 21.5 Å². The van der Waals surface area contributed by atoms with Gasteiger partial charge in [-0.15, -0.1) is 0 Å². The Morgan fingerprint density at radius 3 is 2.33 bits per heavy atom. The maximum absolute atomic E-state index is 12.5. The van der Waals surface area contributed by atoms with Crippen molar-refractivity contribution in [3.8, 4) is 5.75 Å². The van der Waals surface area contributed by atoms with E-state index in [0.29, 0.717) is 16.6 Å². The van der Waals surface area contributed by atoms with Crippen LogP contribution < -0.4 is 4.74 Å². The van der Waals surface area contributed by atoms with Gasteiger partial charge in [0.15, 0.2) is 5.82 Å². The lowest BCUT2D eigenvalue weighted by Crippen LogP contribution is -2.13. The summed E-state index contributed by atoms with van der Waals surface area (Å²) in [5.74, 6) is 1.75. The number of benzene rings is 1. The Bertz CT molecular complexity index is 629. The molecule has 0 spiro atoms. The topological polar surface area (TPSA) is 65.2 Å². The van der Waals surface area contributed by atoms with Gasteiger partial charge in [-0.2, -0.15) is 4.98 Å². The summed E-state index contributed by atoms with van der Waals surface area (Å²) in [4.78, 5) is 5.07. The van der Waals surface area contributed by atoms with Crippen molar-refractivity contribution in [1.29, 1.82) is 0 Å². The summed E-state index contributed by atoms with van der Waals surface area (Å²) in [5, 5.41) is 3.61. The van der Waals surface area contributed by atoms with Crippen LogP contribution in [0.2, 0.25) is 0 Å². The third-order valence-corrected chi connectivity index (χ3v) is 4.65. The van der Waals surface area contributed by atoms with Gasteiger partial charge in [-0.05, 0) is 31.2 Å². The molecular weight excluding hydrogens is 288 g/mol. The van der Waals surface area contributed by atoms with Gasteiger partial charge in [-0.3, -0.25) is 4.21 Å². The number of ether oxygens (including phenoxy) is 1. The molecule has 0 bridgehead atoms. The minimum absolute atomic E-state index is 0.191. The summed E-state index contributed by atoms with van der Waals surface area (Å²) in [5.41, 5.74) is -0.191. The molecule has 6 heteroatoms. The first-order valence-corrected chi connectivity index (χ1v) is 7.93. The molecule has 0 aliphatic heterocycles. The molecule has 0 fully saturated rings. The maximum atomic E-state index is 12.5. The number of methoxy groups -OCH3 is 1. The van der Waals surface area contributed by atoms with Crippen molar-refractivity contribution < 1.29 is 13.5 Å². The highest BCUT2D eigenvalue weighted by atomic mass is 32.2. The van der Waals surface area contributed by atoms with Crippen molar-refractivity contribution in [3.05, 3.63) is 36.0 Å². The fraction of sp³-hybridized carbons (Fsp3) is 0.467. The molecule has 5 nitrogen and oxygen atoms in total. The molecule has 1 heterocycles. The van der Waals surface area contributed by atoms with Gasteiger partial charge < -0.3 is 9.26 Å². The highest BCUT2D eigenvalue weighted by molar-refractivity contribution is 7.85. The van der Waals surface area contributed by atoms with E-state index in [1.54, 1.807) is 31.4 Å². The van der Waals surface area contributed by atoms with Gasteiger partial charge in [0.25, 0.3) is 0 Å². The molecular formula is C15H20N2O3S. The molecule has 0 unspecified atom stereocenters. The zero-order valence-corrected chi connectivity index (χ0v) is 13.7. The van der Waals surface area contributed by atoms with E-state index >= 15 is 0 Å².